The lowest BCUT2D eigenvalue weighted by Gasteiger charge is -2.19. The summed E-state index contributed by atoms with van der Waals surface area (Å²) in [6.45, 7) is 6.64. The molecule has 1 aromatic carbocycles. The topological polar surface area (TPSA) is 44.7 Å². The van der Waals surface area contributed by atoms with Gasteiger partial charge in [-0.25, -0.2) is 0 Å². The summed E-state index contributed by atoms with van der Waals surface area (Å²) in [5, 5.41) is 4.26. The van der Waals surface area contributed by atoms with Crippen LogP contribution in [0.5, 0.6) is 0 Å². The molecule has 4 nitrogen and oxygen atoms in total. The Balaban J connectivity index is 1.90. The lowest BCUT2D eigenvalue weighted by Crippen LogP contribution is -2.24. The van der Waals surface area contributed by atoms with E-state index in [1.54, 1.807) is 0 Å². The summed E-state index contributed by atoms with van der Waals surface area (Å²) in [5.41, 5.74) is 7.67. The van der Waals surface area contributed by atoms with Gasteiger partial charge in [0, 0.05) is 29.9 Å². The molecule has 0 saturated carbocycles. The third-order valence-corrected chi connectivity index (χ3v) is 3.62. The van der Waals surface area contributed by atoms with E-state index in [4.69, 9.17) is 0 Å². The third-order valence-electron chi connectivity index (χ3n) is 3.62. The van der Waals surface area contributed by atoms with Gasteiger partial charge in [-0.15, -0.1) is 0 Å². The van der Waals surface area contributed by atoms with Crippen molar-refractivity contribution in [2.45, 2.75) is 19.8 Å². The molecule has 1 N–H and O–H groups in total. The SMILES string of the molecule is C=C1C=CC(c2ccc(N3CCCC3=O)c(C)c2)=NN1. The van der Waals surface area contributed by atoms with Gasteiger partial charge in [-0.05, 0) is 43.2 Å². The first-order valence-electron chi connectivity index (χ1n) is 6.77. The number of carbonyl (C=O) groups is 1. The van der Waals surface area contributed by atoms with Gasteiger partial charge in [-0.1, -0.05) is 12.6 Å². The zero-order chi connectivity index (χ0) is 14.1. The summed E-state index contributed by atoms with van der Waals surface area (Å²) in [6, 6.07) is 6.08. The third kappa shape index (κ3) is 2.25. The smallest absolute Gasteiger partial charge is 0.227 e. The molecule has 102 valence electrons. The Morgan fingerprint density at radius 1 is 1.35 bits per heavy atom. The molecule has 2 aliphatic heterocycles. The van der Waals surface area contributed by atoms with Crippen molar-refractivity contribution in [1.82, 2.24) is 5.43 Å². The molecule has 0 unspecified atom stereocenters. The van der Waals surface area contributed by atoms with Crippen LogP contribution in [0.4, 0.5) is 5.69 Å². The van der Waals surface area contributed by atoms with Crippen LogP contribution in [0.15, 0.2) is 47.7 Å². The van der Waals surface area contributed by atoms with Gasteiger partial charge in [0.2, 0.25) is 5.91 Å². The molecular weight excluding hydrogens is 250 g/mol. The number of allylic oxidation sites excluding steroid dienone is 2. The molecule has 0 aliphatic carbocycles. The number of hydrazone groups is 1. The number of aryl methyl sites for hydroxylation is 1. The average molecular weight is 267 g/mol. The van der Waals surface area contributed by atoms with Crippen molar-refractivity contribution in [1.29, 1.82) is 0 Å². The molecule has 0 radical (unpaired) electrons. The van der Waals surface area contributed by atoms with E-state index in [1.807, 2.05) is 36.1 Å². The fourth-order valence-electron chi connectivity index (χ4n) is 2.57. The van der Waals surface area contributed by atoms with Crippen LogP contribution in [-0.2, 0) is 4.79 Å². The summed E-state index contributed by atoms with van der Waals surface area (Å²) >= 11 is 0. The first-order valence-corrected chi connectivity index (χ1v) is 6.77. The second kappa shape index (κ2) is 4.96. The van der Waals surface area contributed by atoms with Crippen LogP contribution < -0.4 is 10.3 Å². The fourth-order valence-corrected chi connectivity index (χ4v) is 2.57. The number of nitrogens with zero attached hydrogens (tertiary/aromatic N) is 2. The summed E-state index contributed by atoms with van der Waals surface area (Å²) in [7, 11) is 0. The zero-order valence-electron chi connectivity index (χ0n) is 11.5. The Hall–Kier alpha value is -2.36. The monoisotopic (exact) mass is 267 g/mol. The minimum Gasteiger partial charge on any atom is -0.312 e. The standard InChI is InChI=1S/C16H17N3O/c1-11-10-13(14-7-5-12(2)17-18-14)6-8-15(11)19-9-3-4-16(19)20/h5-8,10,17H,2-4,9H2,1H3. The van der Waals surface area contributed by atoms with Gasteiger partial charge in [-0.2, -0.15) is 5.10 Å². The van der Waals surface area contributed by atoms with E-state index in [0.29, 0.717) is 6.42 Å². The first kappa shape index (κ1) is 12.7. The average Bonchev–Trinajstić information content (AvgIpc) is 2.86. The first-order chi connectivity index (χ1) is 9.65. The van der Waals surface area contributed by atoms with E-state index in [9.17, 15) is 4.79 Å². The Morgan fingerprint density at radius 3 is 2.80 bits per heavy atom. The van der Waals surface area contributed by atoms with Gasteiger partial charge >= 0.3 is 0 Å². The van der Waals surface area contributed by atoms with Crippen molar-refractivity contribution >= 4 is 17.3 Å². The highest BCUT2D eigenvalue weighted by Gasteiger charge is 2.23. The second-order valence-corrected chi connectivity index (χ2v) is 5.12. The molecule has 1 fully saturated rings. The van der Waals surface area contributed by atoms with Gasteiger partial charge in [0.05, 0.1) is 5.71 Å². The molecule has 0 bridgehead atoms. The van der Waals surface area contributed by atoms with Crippen molar-refractivity contribution in [3.8, 4) is 0 Å². The van der Waals surface area contributed by atoms with Crippen molar-refractivity contribution in [3.05, 3.63) is 53.8 Å². The van der Waals surface area contributed by atoms with Crippen LogP contribution in [0.3, 0.4) is 0 Å². The van der Waals surface area contributed by atoms with Gasteiger partial charge in [0.25, 0.3) is 0 Å². The summed E-state index contributed by atoms with van der Waals surface area (Å²) < 4.78 is 0. The molecule has 0 aromatic heterocycles. The molecule has 3 rings (SSSR count). The molecule has 2 aliphatic rings. The quantitative estimate of drug-likeness (QED) is 0.894. The van der Waals surface area contributed by atoms with Crippen LogP contribution in [0, 0.1) is 6.92 Å². The highest BCUT2D eigenvalue weighted by atomic mass is 16.2. The van der Waals surface area contributed by atoms with Crippen LogP contribution in [0.2, 0.25) is 0 Å². The Labute approximate surface area is 118 Å². The van der Waals surface area contributed by atoms with E-state index >= 15 is 0 Å². The Bertz CT molecular complexity index is 643. The molecule has 0 atom stereocenters. The molecule has 20 heavy (non-hydrogen) atoms. The van der Waals surface area contributed by atoms with E-state index in [1.165, 1.54) is 0 Å². The van der Waals surface area contributed by atoms with Gasteiger partial charge in [0.15, 0.2) is 0 Å². The van der Waals surface area contributed by atoms with E-state index in [0.717, 1.165) is 41.2 Å². The molecule has 1 saturated heterocycles. The molecule has 4 heteroatoms. The number of amides is 1. The minimum absolute atomic E-state index is 0.216. The number of nitrogens with one attached hydrogen (secondary N) is 1. The molecule has 1 amide bonds. The lowest BCUT2D eigenvalue weighted by molar-refractivity contribution is -0.117. The van der Waals surface area contributed by atoms with Gasteiger partial charge < -0.3 is 4.90 Å². The molecule has 2 heterocycles. The zero-order valence-corrected chi connectivity index (χ0v) is 11.5. The van der Waals surface area contributed by atoms with Crippen LogP contribution in [-0.4, -0.2) is 18.2 Å². The molecule has 1 aromatic rings. The Morgan fingerprint density at radius 2 is 2.20 bits per heavy atom. The van der Waals surface area contributed by atoms with Crippen LogP contribution in [0.1, 0.15) is 24.0 Å². The number of hydrogen-bond acceptors (Lipinski definition) is 3. The predicted octanol–water partition coefficient (Wildman–Crippen LogP) is 2.50. The second-order valence-electron chi connectivity index (χ2n) is 5.12. The normalized spacial score (nSPS) is 18.2. The summed E-state index contributed by atoms with van der Waals surface area (Å²) in [4.78, 5) is 13.7. The number of anilines is 1. The number of hydrogen-bond donors (Lipinski definition) is 1. The maximum absolute atomic E-state index is 11.8. The largest absolute Gasteiger partial charge is 0.312 e. The van der Waals surface area contributed by atoms with E-state index in [-0.39, 0.29) is 5.91 Å². The van der Waals surface area contributed by atoms with Crippen LogP contribution in [0.25, 0.3) is 0 Å². The number of rotatable bonds is 2. The molecular formula is C16H17N3O. The van der Waals surface area contributed by atoms with Crippen molar-refractivity contribution < 1.29 is 4.79 Å². The van der Waals surface area contributed by atoms with E-state index < -0.39 is 0 Å². The maximum atomic E-state index is 11.8. The van der Waals surface area contributed by atoms with Crippen molar-refractivity contribution in [2.75, 3.05) is 11.4 Å². The van der Waals surface area contributed by atoms with Crippen LogP contribution >= 0.6 is 0 Å². The number of carbonyl (C=O) groups excluding carboxylic acids is 1. The van der Waals surface area contributed by atoms with Gasteiger partial charge in [0.1, 0.15) is 0 Å². The summed E-state index contributed by atoms with van der Waals surface area (Å²) in [6.07, 6.45) is 5.44. The number of benzene rings is 1. The highest BCUT2D eigenvalue weighted by Crippen LogP contribution is 2.26. The highest BCUT2D eigenvalue weighted by molar-refractivity contribution is 6.10. The van der Waals surface area contributed by atoms with E-state index in [2.05, 4.69) is 23.2 Å². The lowest BCUT2D eigenvalue weighted by atomic mass is 10.0. The maximum Gasteiger partial charge on any atom is 0.227 e. The Kier molecular flexibility index (Phi) is 3.14. The molecule has 0 spiro atoms. The predicted molar refractivity (Wildman–Crippen MR) is 80.7 cm³/mol. The fraction of sp³-hybridized carbons (Fsp3) is 0.250. The minimum atomic E-state index is 0.216. The van der Waals surface area contributed by atoms with Crippen molar-refractivity contribution in [3.63, 3.8) is 0 Å². The summed E-state index contributed by atoms with van der Waals surface area (Å²) in [5.74, 6) is 0.216. The van der Waals surface area contributed by atoms with Gasteiger partial charge in [-0.3, -0.25) is 10.2 Å². The van der Waals surface area contributed by atoms with Crippen molar-refractivity contribution in [2.24, 2.45) is 5.10 Å².